The van der Waals surface area contributed by atoms with E-state index in [2.05, 4.69) is 0 Å². The Balaban J connectivity index is 2.34. The fourth-order valence-electron chi connectivity index (χ4n) is 2.91. The first-order chi connectivity index (χ1) is 13.1. The summed E-state index contributed by atoms with van der Waals surface area (Å²) in [5, 5.41) is 19.1. The van der Waals surface area contributed by atoms with Crippen molar-refractivity contribution in [3.8, 4) is 17.2 Å². The van der Waals surface area contributed by atoms with Gasteiger partial charge in [-0.2, -0.15) is 0 Å². The Labute approximate surface area is 157 Å². The minimum Gasteiger partial charge on any atom is -0.508 e. The number of rotatable bonds is 3. The minimum absolute atomic E-state index is 0.273. The molecule has 0 saturated heterocycles. The summed E-state index contributed by atoms with van der Waals surface area (Å²) in [7, 11) is 0. The predicted molar refractivity (Wildman–Crippen MR) is 91.0 cm³/mol. The zero-order valence-electron chi connectivity index (χ0n) is 14.6. The van der Waals surface area contributed by atoms with Crippen molar-refractivity contribution < 1.29 is 43.7 Å². The molecule has 3 rings (SSSR count). The third kappa shape index (κ3) is 3.09. The molecular weight excluding hydrogens is 372 g/mol. The maximum absolute atomic E-state index is 13.1. The second kappa shape index (κ2) is 6.62. The minimum atomic E-state index is -1.40. The van der Waals surface area contributed by atoms with Crippen LogP contribution in [0.1, 0.15) is 56.0 Å². The Morgan fingerprint density at radius 3 is 1.79 bits per heavy atom. The van der Waals surface area contributed by atoms with Gasteiger partial charge in [0.2, 0.25) is 5.78 Å². The number of hydrogen-bond donors (Lipinski definition) is 2. The van der Waals surface area contributed by atoms with Gasteiger partial charge < -0.3 is 19.7 Å². The van der Waals surface area contributed by atoms with Crippen LogP contribution in [0.2, 0.25) is 0 Å². The molecule has 0 heterocycles. The van der Waals surface area contributed by atoms with Crippen LogP contribution in [0.5, 0.6) is 17.2 Å². The van der Waals surface area contributed by atoms with E-state index in [9.17, 15) is 34.2 Å². The number of aromatic hydroxyl groups is 1. The van der Waals surface area contributed by atoms with Crippen molar-refractivity contribution in [1.29, 1.82) is 0 Å². The third-order valence-electron chi connectivity index (χ3n) is 3.89. The van der Waals surface area contributed by atoms with E-state index >= 15 is 0 Å². The second-order valence-corrected chi connectivity index (χ2v) is 5.91. The van der Waals surface area contributed by atoms with Crippen LogP contribution in [-0.2, 0) is 9.59 Å². The number of phenols is 1. The molecule has 0 radical (unpaired) electrons. The van der Waals surface area contributed by atoms with Crippen molar-refractivity contribution in [2.75, 3.05) is 0 Å². The Morgan fingerprint density at radius 1 is 0.786 bits per heavy atom. The van der Waals surface area contributed by atoms with E-state index in [4.69, 9.17) is 9.47 Å². The molecule has 9 heteroatoms. The lowest BCUT2D eigenvalue weighted by Crippen LogP contribution is -2.24. The van der Waals surface area contributed by atoms with Gasteiger partial charge in [-0.1, -0.05) is 0 Å². The summed E-state index contributed by atoms with van der Waals surface area (Å²) >= 11 is 0. The molecule has 0 atom stereocenters. The Bertz CT molecular complexity index is 1100. The summed E-state index contributed by atoms with van der Waals surface area (Å²) in [6, 6.07) is 3.92. The number of ether oxygens (including phenoxy) is 2. The summed E-state index contributed by atoms with van der Waals surface area (Å²) in [5.74, 6) is -5.84. The highest BCUT2D eigenvalue weighted by atomic mass is 16.5. The van der Waals surface area contributed by atoms with E-state index < -0.39 is 41.0 Å². The number of aromatic carboxylic acids is 1. The molecule has 0 bridgehead atoms. The summed E-state index contributed by atoms with van der Waals surface area (Å²) < 4.78 is 9.89. The molecule has 1 aliphatic carbocycles. The molecule has 28 heavy (non-hydrogen) atoms. The molecule has 0 amide bonds. The normalized spacial score (nSPS) is 12.1. The third-order valence-corrected chi connectivity index (χ3v) is 3.89. The lowest BCUT2D eigenvalue weighted by atomic mass is 9.82. The molecule has 0 aliphatic heterocycles. The Hall–Kier alpha value is -4.01. The monoisotopic (exact) mass is 384 g/mol. The zero-order chi connectivity index (χ0) is 20.7. The summed E-state index contributed by atoms with van der Waals surface area (Å²) in [6.45, 7) is 2.12. The smallest absolute Gasteiger partial charge is 0.335 e. The molecule has 0 spiro atoms. The van der Waals surface area contributed by atoms with Crippen molar-refractivity contribution in [2.45, 2.75) is 13.8 Å². The number of carboxylic acid groups (broad SMARTS) is 1. The molecule has 0 saturated carbocycles. The first-order valence-corrected chi connectivity index (χ1v) is 7.84. The van der Waals surface area contributed by atoms with Crippen molar-refractivity contribution in [1.82, 2.24) is 0 Å². The summed E-state index contributed by atoms with van der Waals surface area (Å²) in [5.41, 5.74) is -1.60. The second-order valence-electron chi connectivity index (χ2n) is 5.91. The summed E-state index contributed by atoms with van der Waals surface area (Å²) in [6.07, 6.45) is 0. The van der Waals surface area contributed by atoms with Gasteiger partial charge in [-0.15, -0.1) is 0 Å². The van der Waals surface area contributed by atoms with E-state index in [0.717, 1.165) is 38.1 Å². The quantitative estimate of drug-likeness (QED) is 0.509. The lowest BCUT2D eigenvalue weighted by Gasteiger charge is -2.22. The molecule has 2 aromatic carbocycles. The van der Waals surface area contributed by atoms with Gasteiger partial charge in [0.1, 0.15) is 17.2 Å². The van der Waals surface area contributed by atoms with Crippen LogP contribution < -0.4 is 9.47 Å². The zero-order valence-corrected chi connectivity index (χ0v) is 14.6. The molecule has 0 aromatic heterocycles. The highest BCUT2D eigenvalue weighted by molar-refractivity contribution is 6.31. The van der Waals surface area contributed by atoms with Crippen molar-refractivity contribution in [3.05, 3.63) is 52.1 Å². The van der Waals surface area contributed by atoms with Crippen LogP contribution in [0, 0.1) is 0 Å². The number of fused-ring (bicyclic) bond motifs is 2. The van der Waals surface area contributed by atoms with Gasteiger partial charge in [0.15, 0.2) is 5.78 Å². The highest BCUT2D eigenvalue weighted by Crippen LogP contribution is 2.40. The van der Waals surface area contributed by atoms with Crippen molar-refractivity contribution in [2.24, 2.45) is 0 Å². The molecule has 1 aliphatic rings. The average Bonchev–Trinajstić information content (AvgIpc) is 2.57. The van der Waals surface area contributed by atoms with Gasteiger partial charge in [-0.05, 0) is 18.2 Å². The number of carbonyl (C=O) groups excluding carboxylic acids is 4. The lowest BCUT2D eigenvalue weighted by molar-refractivity contribution is -0.132. The van der Waals surface area contributed by atoms with E-state index in [-0.39, 0.29) is 33.6 Å². The molecule has 9 nitrogen and oxygen atoms in total. The first kappa shape index (κ1) is 18.8. The number of ketones is 2. The van der Waals surface area contributed by atoms with Crippen LogP contribution in [0.15, 0.2) is 24.3 Å². The van der Waals surface area contributed by atoms with Crippen LogP contribution in [0.3, 0.4) is 0 Å². The van der Waals surface area contributed by atoms with E-state index in [0.29, 0.717) is 0 Å². The fourth-order valence-corrected chi connectivity index (χ4v) is 2.91. The molecular formula is C19H12O9. The fraction of sp³-hybridized carbons (Fsp3) is 0.105. The van der Waals surface area contributed by atoms with Gasteiger partial charge in [0.25, 0.3) is 0 Å². The average molecular weight is 384 g/mol. The van der Waals surface area contributed by atoms with Gasteiger partial charge in [0.05, 0.1) is 16.7 Å². The van der Waals surface area contributed by atoms with Gasteiger partial charge in [-0.25, -0.2) is 4.79 Å². The van der Waals surface area contributed by atoms with E-state index in [1.54, 1.807) is 0 Å². The maximum Gasteiger partial charge on any atom is 0.335 e. The number of hydrogen-bond acceptors (Lipinski definition) is 8. The predicted octanol–water partition coefficient (Wildman–Crippen LogP) is 1.72. The largest absolute Gasteiger partial charge is 0.508 e. The van der Waals surface area contributed by atoms with Gasteiger partial charge in [-0.3, -0.25) is 19.2 Å². The van der Waals surface area contributed by atoms with E-state index in [1.807, 2.05) is 0 Å². The molecule has 2 N–H and O–H groups in total. The number of benzene rings is 2. The standard InChI is InChI=1S/C19H12O9/c1-7(20)27-13-4-9(19(25)26)3-11-15(13)18(24)16-12(17(11)23)5-10(22)6-14(16)28-8(2)21/h3-6,22H,1-2H3,(H,25,26). The SMILES string of the molecule is CC(=O)Oc1cc(O)cc2c1C(=O)c1c(OC(C)=O)cc(C(=O)O)cc1C2=O. The Morgan fingerprint density at radius 2 is 1.29 bits per heavy atom. The van der Waals surface area contributed by atoms with Crippen molar-refractivity contribution in [3.63, 3.8) is 0 Å². The highest BCUT2D eigenvalue weighted by Gasteiger charge is 2.37. The van der Waals surface area contributed by atoms with Crippen LogP contribution in [0.4, 0.5) is 0 Å². The number of carboxylic acids is 1. The molecule has 2 aromatic rings. The van der Waals surface area contributed by atoms with Gasteiger partial charge in [0, 0.05) is 31.0 Å². The van der Waals surface area contributed by atoms with Crippen LogP contribution >= 0.6 is 0 Å². The topological polar surface area (TPSA) is 144 Å². The molecule has 0 unspecified atom stereocenters. The first-order valence-electron chi connectivity index (χ1n) is 7.84. The Kier molecular flexibility index (Phi) is 4.44. The summed E-state index contributed by atoms with van der Waals surface area (Å²) in [4.78, 5) is 60.1. The van der Waals surface area contributed by atoms with Crippen LogP contribution in [-0.4, -0.2) is 39.7 Å². The van der Waals surface area contributed by atoms with Crippen molar-refractivity contribution >= 4 is 29.5 Å². The molecule has 142 valence electrons. The number of carbonyl (C=O) groups is 5. The molecule has 0 fully saturated rings. The van der Waals surface area contributed by atoms with E-state index in [1.165, 1.54) is 0 Å². The van der Waals surface area contributed by atoms with Gasteiger partial charge >= 0.3 is 17.9 Å². The number of phenolic OH excluding ortho intramolecular Hbond substituents is 1. The number of esters is 2. The maximum atomic E-state index is 13.1. The van der Waals surface area contributed by atoms with Crippen LogP contribution in [0.25, 0.3) is 0 Å².